The standard InChI is InChI=1S/C47H50N8O6/c1-28(2)40(52-46(58)60-3)44(56)54-22-8-12-38(54)42-48-26-36(50-42)30-16-14-29(15-17-30)32-18-19-34-25-35(21-20-33(34)24-32)37-27-49-43(51-37)39-13-9-23-55(39)45(57)41(53-47(59)61-4)31-10-6-5-7-11-31/h5-7,10-11,14-21,24-28,38-41H,8-9,12-13,22-23H2,1-4H3,(H,48,50)(H,49,51)(H,52,58)(H,53,59)/p+1/t38-,39-,40-,41+/m0/s1. The summed E-state index contributed by atoms with van der Waals surface area (Å²) in [6.07, 6.45) is 5.72. The number of hydrogen-bond donors (Lipinski definition) is 4. The molecule has 14 nitrogen and oxygen atoms in total. The smallest absolute Gasteiger partial charge is 0.407 e. The van der Waals surface area contributed by atoms with E-state index in [1.54, 1.807) is 0 Å². The second-order valence-electron chi connectivity index (χ2n) is 16.0. The zero-order valence-electron chi connectivity index (χ0n) is 34.7. The first-order chi connectivity index (χ1) is 29.6. The van der Waals surface area contributed by atoms with E-state index in [1.165, 1.54) is 14.2 Å². The Labute approximate surface area is 354 Å². The van der Waals surface area contributed by atoms with E-state index in [9.17, 15) is 19.2 Å². The number of ether oxygens (including phenoxy) is 2. The van der Waals surface area contributed by atoms with Crippen LogP contribution < -0.4 is 15.6 Å². The molecule has 2 aliphatic rings. The minimum atomic E-state index is -0.867. The molecule has 61 heavy (non-hydrogen) atoms. The molecule has 14 heteroatoms. The van der Waals surface area contributed by atoms with Crippen LogP contribution in [0.25, 0.3) is 44.4 Å². The highest BCUT2D eigenvalue weighted by Crippen LogP contribution is 2.36. The number of alkyl carbamates (subject to hydrolysis) is 2. The minimum absolute atomic E-state index is 0.106. The van der Waals surface area contributed by atoms with Crippen LogP contribution in [0.4, 0.5) is 9.59 Å². The Morgan fingerprint density at radius 2 is 1.31 bits per heavy atom. The molecule has 0 radical (unpaired) electrons. The van der Waals surface area contributed by atoms with Crippen molar-refractivity contribution < 1.29 is 33.6 Å². The Balaban J connectivity index is 0.943. The van der Waals surface area contributed by atoms with Gasteiger partial charge in [-0.15, -0.1) is 0 Å². The third-order valence-electron chi connectivity index (χ3n) is 11.9. The van der Waals surface area contributed by atoms with Gasteiger partial charge in [-0.05, 0) is 82.8 Å². The zero-order chi connectivity index (χ0) is 42.6. The molecule has 0 saturated carbocycles. The van der Waals surface area contributed by atoms with Crippen LogP contribution in [0.15, 0.2) is 103 Å². The molecule has 0 bridgehead atoms. The van der Waals surface area contributed by atoms with E-state index < -0.39 is 24.3 Å². The first-order valence-corrected chi connectivity index (χ1v) is 20.8. The molecule has 2 saturated heterocycles. The lowest BCUT2D eigenvalue weighted by Gasteiger charge is -2.30. The van der Waals surface area contributed by atoms with Crippen LogP contribution in [0, 0.1) is 5.92 Å². The number of rotatable bonds is 11. The van der Waals surface area contributed by atoms with Crippen molar-refractivity contribution in [1.82, 2.24) is 35.4 Å². The number of benzene rings is 4. The lowest BCUT2D eigenvalue weighted by atomic mass is 9.98. The van der Waals surface area contributed by atoms with Gasteiger partial charge in [0.25, 0.3) is 11.7 Å². The van der Waals surface area contributed by atoms with Crippen molar-refractivity contribution >= 4 is 34.8 Å². The number of amides is 4. The van der Waals surface area contributed by atoms with Gasteiger partial charge in [0.15, 0.2) is 5.69 Å². The summed E-state index contributed by atoms with van der Waals surface area (Å²) in [4.78, 5) is 70.5. The summed E-state index contributed by atoms with van der Waals surface area (Å²) < 4.78 is 9.61. The average molecular weight is 824 g/mol. The van der Waals surface area contributed by atoms with Crippen molar-refractivity contribution in [2.24, 2.45) is 5.92 Å². The van der Waals surface area contributed by atoms with Gasteiger partial charge in [-0.2, -0.15) is 0 Å². The second-order valence-corrected chi connectivity index (χ2v) is 16.0. The maximum atomic E-state index is 14.0. The molecule has 314 valence electrons. The van der Waals surface area contributed by atoms with E-state index >= 15 is 0 Å². The molecule has 8 rings (SSSR count). The van der Waals surface area contributed by atoms with E-state index in [-0.39, 0.29) is 29.8 Å². The Kier molecular flexibility index (Phi) is 11.9. The summed E-state index contributed by atoms with van der Waals surface area (Å²) in [5.41, 5.74) is 6.63. The van der Waals surface area contributed by atoms with Gasteiger partial charge in [-0.25, -0.2) is 24.5 Å². The molecule has 2 aromatic heterocycles. The Morgan fingerprint density at radius 3 is 2.00 bits per heavy atom. The first-order valence-electron chi connectivity index (χ1n) is 20.8. The summed E-state index contributed by atoms with van der Waals surface area (Å²) in [7, 11) is 2.58. The van der Waals surface area contributed by atoms with Crippen molar-refractivity contribution in [1.29, 1.82) is 0 Å². The Morgan fingerprint density at radius 1 is 0.705 bits per heavy atom. The largest absolute Gasteiger partial charge is 0.453 e. The third-order valence-corrected chi connectivity index (χ3v) is 11.9. The normalized spacial score (nSPS) is 17.3. The number of carbonyl (C=O) groups is 4. The average Bonchev–Trinajstić information content (AvgIpc) is 4.14. The number of nitrogens with zero attached hydrogens (tertiary/aromatic N) is 3. The number of fused-ring (bicyclic) bond motifs is 1. The van der Waals surface area contributed by atoms with Crippen molar-refractivity contribution in [3.05, 3.63) is 121 Å². The van der Waals surface area contributed by atoms with Gasteiger partial charge in [0.05, 0.1) is 32.2 Å². The van der Waals surface area contributed by atoms with Crippen LogP contribution in [-0.4, -0.2) is 82.1 Å². The molecule has 2 fully saturated rings. The van der Waals surface area contributed by atoms with E-state index in [0.29, 0.717) is 18.7 Å². The van der Waals surface area contributed by atoms with Crippen molar-refractivity contribution in [2.45, 2.75) is 63.7 Å². The number of aromatic amines is 3. The number of H-pyrrole nitrogens is 3. The first kappa shape index (κ1) is 40.8. The SMILES string of the molecule is COC(=O)N[C@H](C(=O)N1CCC[C@H]1c1ncc(-c2ccc(-c3ccc4cc(-c5c[nH+]c([C@@H]6CCCN6C(=O)[C@H](NC(=O)OC)c6ccccc6)[nH]5)ccc4c3)cc2)[nH]1)C(C)C. The lowest BCUT2D eigenvalue weighted by molar-refractivity contribution is -0.393. The van der Waals surface area contributed by atoms with Gasteiger partial charge in [-0.3, -0.25) is 9.59 Å². The molecular formula is C47H51N8O6+. The molecular weight excluding hydrogens is 773 g/mol. The van der Waals surface area contributed by atoms with Crippen molar-refractivity contribution in [2.75, 3.05) is 27.3 Å². The molecule has 6 aromatic rings. The number of carbonyl (C=O) groups excluding carboxylic acids is 4. The van der Waals surface area contributed by atoms with Crippen molar-refractivity contribution in [3.8, 4) is 33.6 Å². The van der Waals surface area contributed by atoms with Crippen LogP contribution in [-0.2, 0) is 19.1 Å². The molecule has 4 heterocycles. The molecule has 5 N–H and O–H groups in total. The topological polar surface area (TPSA) is 176 Å². The van der Waals surface area contributed by atoms with E-state index in [0.717, 1.165) is 81.7 Å². The summed E-state index contributed by atoms with van der Waals surface area (Å²) in [6, 6.07) is 28.4. The third kappa shape index (κ3) is 8.56. The van der Waals surface area contributed by atoms with Crippen molar-refractivity contribution in [3.63, 3.8) is 0 Å². The summed E-state index contributed by atoms with van der Waals surface area (Å²) in [5, 5.41) is 7.63. The maximum absolute atomic E-state index is 14.0. The fourth-order valence-corrected chi connectivity index (χ4v) is 8.59. The van der Waals surface area contributed by atoms with Crippen LogP contribution in [0.5, 0.6) is 0 Å². The van der Waals surface area contributed by atoms with Crippen LogP contribution in [0.1, 0.15) is 74.9 Å². The molecule has 2 aliphatic heterocycles. The minimum Gasteiger partial charge on any atom is -0.453 e. The van der Waals surface area contributed by atoms with Gasteiger partial charge < -0.3 is 34.9 Å². The molecule has 4 aromatic carbocycles. The fraction of sp³-hybridized carbons (Fsp3) is 0.319. The zero-order valence-corrected chi connectivity index (χ0v) is 34.7. The number of aromatic nitrogens is 4. The number of imidazole rings is 2. The molecule has 0 aliphatic carbocycles. The predicted octanol–water partition coefficient (Wildman–Crippen LogP) is 7.51. The maximum Gasteiger partial charge on any atom is 0.407 e. The van der Waals surface area contributed by atoms with Gasteiger partial charge in [0.2, 0.25) is 5.91 Å². The van der Waals surface area contributed by atoms with Gasteiger partial charge in [-0.1, -0.05) is 86.6 Å². The highest BCUT2D eigenvalue weighted by molar-refractivity contribution is 5.91. The summed E-state index contributed by atoms with van der Waals surface area (Å²) in [6.45, 7) is 4.98. The quantitative estimate of drug-likeness (QED) is 0.105. The lowest BCUT2D eigenvalue weighted by Crippen LogP contribution is -2.51. The number of likely N-dealkylation sites (tertiary alicyclic amines) is 2. The fourth-order valence-electron chi connectivity index (χ4n) is 8.59. The van der Waals surface area contributed by atoms with E-state index in [2.05, 4.69) is 86.2 Å². The van der Waals surface area contributed by atoms with E-state index in [1.807, 2.05) is 66.4 Å². The molecule has 0 unspecified atom stereocenters. The molecule has 4 atom stereocenters. The van der Waals surface area contributed by atoms with Gasteiger partial charge in [0.1, 0.15) is 30.1 Å². The van der Waals surface area contributed by atoms with Crippen LogP contribution in [0.2, 0.25) is 0 Å². The van der Waals surface area contributed by atoms with E-state index in [4.69, 9.17) is 14.5 Å². The summed E-state index contributed by atoms with van der Waals surface area (Å²) in [5.74, 6) is 1.12. The Hall–Kier alpha value is -6.96. The number of methoxy groups -OCH3 is 2. The number of hydrogen-bond acceptors (Lipinski definition) is 7. The van der Waals surface area contributed by atoms with Crippen LogP contribution in [0.3, 0.4) is 0 Å². The second kappa shape index (κ2) is 17.7. The molecule has 4 amide bonds. The highest BCUT2D eigenvalue weighted by Gasteiger charge is 2.40. The predicted molar refractivity (Wildman–Crippen MR) is 230 cm³/mol. The van der Waals surface area contributed by atoms with Crippen LogP contribution >= 0.6 is 0 Å². The van der Waals surface area contributed by atoms with Gasteiger partial charge >= 0.3 is 12.2 Å². The number of nitrogens with one attached hydrogen (secondary N) is 5. The van der Waals surface area contributed by atoms with Gasteiger partial charge in [0, 0.05) is 18.7 Å². The summed E-state index contributed by atoms with van der Waals surface area (Å²) >= 11 is 0. The molecule has 0 spiro atoms. The Bertz CT molecular complexity index is 2530. The monoisotopic (exact) mass is 823 g/mol. The highest BCUT2D eigenvalue weighted by atomic mass is 16.5.